The van der Waals surface area contributed by atoms with E-state index in [1.165, 1.54) is 0 Å². The smallest absolute Gasteiger partial charge is 0.228 e. The Kier molecular flexibility index (Phi) is 2.97. The van der Waals surface area contributed by atoms with Crippen molar-refractivity contribution in [1.29, 1.82) is 0 Å². The van der Waals surface area contributed by atoms with Gasteiger partial charge in [0.2, 0.25) is 5.91 Å². The molecule has 0 aromatic rings. The molecule has 0 radical (unpaired) electrons. The van der Waals surface area contributed by atoms with Gasteiger partial charge in [0.15, 0.2) is 9.84 Å². The molecule has 0 atom stereocenters. The summed E-state index contributed by atoms with van der Waals surface area (Å²) in [6, 6.07) is 0. The first-order valence-electron chi connectivity index (χ1n) is 5.28. The van der Waals surface area contributed by atoms with Crippen molar-refractivity contribution in [1.82, 2.24) is 10.2 Å². The normalized spacial score (nSPS) is 26.8. The fourth-order valence-electron chi connectivity index (χ4n) is 1.88. The van der Waals surface area contributed by atoms with Gasteiger partial charge in [0.05, 0.1) is 17.4 Å². The van der Waals surface area contributed by atoms with E-state index in [1.807, 2.05) is 0 Å². The standard InChI is InChI=1S/C9H16N2O3S/c12-9(8-6-10-7-8)11-2-1-4-15(13,14)5-3-11/h8,10H,1-7H2. The van der Waals surface area contributed by atoms with Crippen LogP contribution < -0.4 is 5.32 Å². The Morgan fingerprint density at radius 2 is 1.93 bits per heavy atom. The van der Waals surface area contributed by atoms with E-state index in [9.17, 15) is 13.2 Å². The molecule has 0 bridgehead atoms. The summed E-state index contributed by atoms with van der Waals surface area (Å²) in [5.74, 6) is 0.537. The van der Waals surface area contributed by atoms with Gasteiger partial charge in [0.25, 0.3) is 0 Å². The molecule has 2 saturated heterocycles. The number of sulfone groups is 1. The third-order valence-corrected chi connectivity index (χ3v) is 4.71. The minimum atomic E-state index is -2.91. The molecule has 0 spiro atoms. The predicted octanol–water partition coefficient (Wildman–Crippen LogP) is -1.15. The molecule has 86 valence electrons. The van der Waals surface area contributed by atoms with Gasteiger partial charge in [-0.1, -0.05) is 0 Å². The van der Waals surface area contributed by atoms with Gasteiger partial charge < -0.3 is 10.2 Å². The van der Waals surface area contributed by atoms with Crippen LogP contribution in [0.3, 0.4) is 0 Å². The topological polar surface area (TPSA) is 66.5 Å². The fourth-order valence-corrected chi connectivity index (χ4v) is 3.15. The first kappa shape index (κ1) is 10.9. The molecular formula is C9H16N2O3S. The average molecular weight is 232 g/mol. The monoisotopic (exact) mass is 232 g/mol. The number of hydrogen-bond donors (Lipinski definition) is 1. The number of nitrogens with one attached hydrogen (secondary N) is 1. The third-order valence-electron chi connectivity index (χ3n) is 3.00. The van der Waals surface area contributed by atoms with Crippen LogP contribution in [0.2, 0.25) is 0 Å². The van der Waals surface area contributed by atoms with Crippen LogP contribution in [-0.4, -0.2) is 56.9 Å². The number of amides is 1. The molecule has 1 amide bonds. The highest BCUT2D eigenvalue weighted by molar-refractivity contribution is 7.91. The zero-order valence-electron chi connectivity index (χ0n) is 8.61. The number of rotatable bonds is 1. The summed E-state index contributed by atoms with van der Waals surface area (Å²) in [6.07, 6.45) is 0.578. The van der Waals surface area contributed by atoms with Crippen molar-refractivity contribution in [3.05, 3.63) is 0 Å². The Hall–Kier alpha value is -0.620. The van der Waals surface area contributed by atoms with Crippen LogP contribution >= 0.6 is 0 Å². The van der Waals surface area contributed by atoms with Crippen LogP contribution in [0.5, 0.6) is 0 Å². The van der Waals surface area contributed by atoms with Gasteiger partial charge in [-0.15, -0.1) is 0 Å². The second-order valence-electron chi connectivity index (χ2n) is 4.19. The largest absolute Gasteiger partial charge is 0.341 e. The summed E-state index contributed by atoms with van der Waals surface area (Å²) in [5, 5.41) is 3.05. The Bertz CT molecular complexity index is 348. The summed E-state index contributed by atoms with van der Waals surface area (Å²) in [5.41, 5.74) is 0. The molecule has 0 saturated carbocycles. The van der Waals surface area contributed by atoms with E-state index in [0.29, 0.717) is 19.5 Å². The molecule has 0 aromatic heterocycles. The number of nitrogens with zero attached hydrogens (tertiary/aromatic N) is 1. The molecule has 5 nitrogen and oxygen atoms in total. The van der Waals surface area contributed by atoms with Crippen LogP contribution in [0.4, 0.5) is 0 Å². The summed E-state index contributed by atoms with van der Waals surface area (Å²) in [4.78, 5) is 13.5. The first-order chi connectivity index (χ1) is 7.08. The van der Waals surface area contributed by atoms with Crippen LogP contribution in [-0.2, 0) is 14.6 Å². The Balaban J connectivity index is 1.95. The Morgan fingerprint density at radius 1 is 1.20 bits per heavy atom. The molecule has 2 rings (SSSR count). The number of carbonyl (C=O) groups excluding carboxylic acids is 1. The van der Waals surface area contributed by atoms with Crippen molar-refractivity contribution in [3.63, 3.8) is 0 Å². The molecule has 2 heterocycles. The van der Waals surface area contributed by atoms with Crippen molar-refractivity contribution in [2.24, 2.45) is 5.92 Å². The molecule has 6 heteroatoms. The van der Waals surface area contributed by atoms with Crippen LogP contribution in [0.15, 0.2) is 0 Å². The van der Waals surface area contributed by atoms with E-state index < -0.39 is 9.84 Å². The molecule has 2 aliphatic heterocycles. The zero-order chi connectivity index (χ0) is 10.9. The Labute approximate surface area is 89.7 Å². The maximum Gasteiger partial charge on any atom is 0.228 e. The fraction of sp³-hybridized carbons (Fsp3) is 0.889. The van der Waals surface area contributed by atoms with Crippen LogP contribution in [0.25, 0.3) is 0 Å². The highest BCUT2D eigenvalue weighted by Gasteiger charge is 2.31. The van der Waals surface area contributed by atoms with Gasteiger partial charge in [-0.3, -0.25) is 4.79 Å². The summed E-state index contributed by atoms with van der Waals surface area (Å²) < 4.78 is 22.7. The molecule has 1 N–H and O–H groups in total. The number of carbonyl (C=O) groups is 1. The lowest BCUT2D eigenvalue weighted by atomic mass is 10.0. The van der Waals surface area contributed by atoms with Gasteiger partial charge >= 0.3 is 0 Å². The van der Waals surface area contributed by atoms with Gasteiger partial charge in [-0.05, 0) is 6.42 Å². The van der Waals surface area contributed by atoms with E-state index in [4.69, 9.17) is 0 Å². The maximum absolute atomic E-state index is 11.8. The van der Waals surface area contributed by atoms with Crippen molar-refractivity contribution in [2.75, 3.05) is 37.7 Å². The minimum absolute atomic E-state index is 0.0748. The summed E-state index contributed by atoms with van der Waals surface area (Å²) in [7, 11) is -2.91. The minimum Gasteiger partial charge on any atom is -0.341 e. The van der Waals surface area contributed by atoms with Crippen LogP contribution in [0.1, 0.15) is 6.42 Å². The molecule has 2 aliphatic rings. The van der Waals surface area contributed by atoms with Crippen LogP contribution in [0, 0.1) is 5.92 Å². The molecular weight excluding hydrogens is 216 g/mol. The highest BCUT2D eigenvalue weighted by Crippen LogP contribution is 2.12. The molecule has 0 unspecified atom stereocenters. The highest BCUT2D eigenvalue weighted by atomic mass is 32.2. The van der Waals surface area contributed by atoms with E-state index >= 15 is 0 Å². The van der Waals surface area contributed by atoms with Gasteiger partial charge in [0, 0.05) is 26.2 Å². The first-order valence-corrected chi connectivity index (χ1v) is 7.10. The van der Waals surface area contributed by atoms with E-state index in [2.05, 4.69) is 5.32 Å². The predicted molar refractivity (Wildman–Crippen MR) is 56.2 cm³/mol. The van der Waals surface area contributed by atoms with Gasteiger partial charge in [-0.25, -0.2) is 8.42 Å². The van der Waals surface area contributed by atoms with Crippen molar-refractivity contribution in [3.8, 4) is 0 Å². The van der Waals surface area contributed by atoms with Gasteiger partial charge in [-0.2, -0.15) is 0 Å². The second kappa shape index (κ2) is 4.09. The third kappa shape index (κ3) is 2.49. The quantitative estimate of drug-likeness (QED) is 0.620. The zero-order valence-corrected chi connectivity index (χ0v) is 9.42. The SMILES string of the molecule is O=C(C1CNC1)N1CCCS(=O)(=O)CC1. The summed E-state index contributed by atoms with van der Waals surface area (Å²) in [6.45, 7) is 2.44. The lowest BCUT2D eigenvalue weighted by molar-refractivity contribution is -0.136. The molecule has 0 aromatic carbocycles. The number of hydrogen-bond acceptors (Lipinski definition) is 4. The maximum atomic E-state index is 11.8. The lowest BCUT2D eigenvalue weighted by Crippen LogP contribution is -2.52. The second-order valence-corrected chi connectivity index (χ2v) is 6.49. The van der Waals surface area contributed by atoms with E-state index in [-0.39, 0.29) is 23.3 Å². The average Bonchev–Trinajstić information content (AvgIpc) is 2.23. The van der Waals surface area contributed by atoms with E-state index in [1.54, 1.807) is 4.90 Å². The Morgan fingerprint density at radius 3 is 2.53 bits per heavy atom. The van der Waals surface area contributed by atoms with Gasteiger partial charge in [0.1, 0.15) is 0 Å². The molecule has 0 aliphatic carbocycles. The van der Waals surface area contributed by atoms with Crippen molar-refractivity contribution in [2.45, 2.75) is 6.42 Å². The molecule has 15 heavy (non-hydrogen) atoms. The molecule has 2 fully saturated rings. The lowest BCUT2D eigenvalue weighted by Gasteiger charge is -2.31. The van der Waals surface area contributed by atoms with Crippen molar-refractivity contribution >= 4 is 15.7 Å². The van der Waals surface area contributed by atoms with Crippen molar-refractivity contribution < 1.29 is 13.2 Å². The summed E-state index contributed by atoms with van der Waals surface area (Å²) >= 11 is 0. The van der Waals surface area contributed by atoms with E-state index in [0.717, 1.165) is 13.1 Å².